The van der Waals surface area contributed by atoms with E-state index in [0.717, 1.165) is 44.2 Å². The maximum Gasteiger partial charge on any atom is 0.292 e. The van der Waals surface area contributed by atoms with Gasteiger partial charge in [0.05, 0.1) is 17.7 Å². The lowest BCUT2D eigenvalue weighted by Crippen LogP contribution is -2.47. The number of para-hydroxylation sites is 4. The summed E-state index contributed by atoms with van der Waals surface area (Å²) in [6, 6.07) is 14.8. The lowest BCUT2D eigenvalue weighted by atomic mass is 10.2. The Balaban J connectivity index is 1.48. The first-order valence-electron chi connectivity index (χ1n) is 8.76. The molecule has 1 heterocycles. The van der Waals surface area contributed by atoms with Gasteiger partial charge in [0, 0.05) is 45.3 Å². The molecule has 7 nitrogen and oxygen atoms in total. The topological polar surface area (TPSA) is 70.9 Å². The Morgan fingerprint density at radius 1 is 1.08 bits per heavy atom. The van der Waals surface area contributed by atoms with Gasteiger partial charge in [-0.1, -0.05) is 24.3 Å². The molecule has 1 aliphatic rings. The standard InChI is InChI=1S/C19H24N4O3/c1-26-19-9-5-4-8-18(19)22-14-12-21(13-15-22)11-10-20-16-6-2-3-7-17(16)23(24)25/h2-9,20H,10-15H2,1H3. The Morgan fingerprint density at radius 3 is 2.50 bits per heavy atom. The third-order valence-corrected chi connectivity index (χ3v) is 4.64. The molecule has 2 aromatic carbocycles. The van der Waals surface area contributed by atoms with Gasteiger partial charge in [-0.25, -0.2) is 0 Å². The van der Waals surface area contributed by atoms with Crippen molar-refractivity contribution in [3.8, 4) is 5.75 Å². The molecule has 0 aliphatic carbocycles. The minimum absolute atomic E-state index is 0.119. The maximum atomic E-state index is 11.0. The number of rotatable bonds is 7. The van der Waals surface area contributed by atoms with Gasteiger partial charge in [0.2, 0.25) is 0 Å². The Bertz CT molecular complexity index is 745. The second-order valence-corrected chi connectivity index (χ2v) is 6.20. The lowest BCUT2D eigenvalue weighted by Gasteiger charge is -2.36. The summed E-state index contributed by atoms with van der Waals surface area (Å²) in [4.78, 5) is 15.4. The molecular formula is C19H24N4O3. The van der Waals surface area contributed by atoms with E-state index >= 15 is 0 Å². The first kappa shape index (κ1) is 18.0. The van der Waals surface area contributed by atoms with E-state index < -0.39 is 0 Å². The molecule has 0 amide bonds. The second-order valence-electron chi connectivity index (χ2n) is 6.20. The zero-order valence-electron chi connectivity index (χ0n) is 14.9. The number of methoxy groups -OCH3 is 1. The van der Waals surface area contributed by atoms with Crippen molar-refractivity contribution in [1.29, 1.82) is 0 Å². The number of nitrogens with one attached hydrogen (secondary N) is 1. The zero-order valence-corrected chi connectivity index (χ0v) is 14.9. The van der Waals surface area contributed by atoms with Crippen LogP contribution in [0.4, 0.5) is 17.1 Å². The summed E-state index contributed by atoms with van der Waals surface area (Å²) >= 11 is 0. The van der Waals surface area contributed by atoms with Crippen LogP contribution in [-0.4, -0.2) is 56.2 Å². The predicted octanol–water partition coefficient (Wildman–Crippen LogP) is 2.84. The highest BCUT2D eigenvalue weighted by molar-refractivity contribution is 5.61. The summed E-state index contributed by atoms with van der Waals surface area (Å²) in [6.07, 6.45) is 0. The number of ether oxygens (including phenoxy) is 1. The first-order chi connectivity index (χ1) is 12.7. The molecule has 0 bridgehead atoms. The Hall–Kier alpha value is -2.80. The molecule has 1 saturated heterocycles. The van der Waals surface area contributed by atoms with E-state index in [1.807, 2.05) is 18.2 Å². The third-order valence-electron chi connectivity index (χ3n) is 4.64. The van der Waals surface area contributed by atoms with Crippen LogP contribution in [0.3, 0.4) is 0 Å². The maximum absolute atomic E-state index is 11.0. The van der Waals surface area contributed by atoms with Crippen molar-refractivity contribution in [1.82, 2.24) is 4.90 Å². The van der Waals surface area contributed by atoms with Crippen LogP contribution >= 0.6 is 0 Å². The highest BCUT2D eigenvalue weighted by Gasteiger charge is 2.19. The van der Waals surface area contributed by atoms with Crippen molar-refractivity contribution < 1.29 is 9.66 Å². The third kappa shape index (κ3) is 4.23. The van der Waals surface area contributed by atoms with Crippen LogP contribution in [0.5, 0.6) is 5.75 Å². The van der Waals surface area contributed by atoms with Gasteiger partial charge < -0.3 is 15.0 Å². The van der Waals surface area contributed by atoms with Gasteiger partial charge >= 0.3 is 0 Å². The fraction of sp³-hybridized carbons (Fsp3) is 0.368. The van der Waals surface area contributed by atoms with Crippen LogP contribution in [0.2, 0.25) is 0 Å². The number of anilines is 2. The molecule has 0 spiro atoms. The predicted molar refractivity (Wildman–Crippen MR) is 103 cm³/mol. The van der Waals surface area contributed by atoms with E-state index in [2.05, 4.69) is 21.2 Å². The fourth-order valence-electron chi connectivity index (χ4n) is 3.23. The lowest BCUT2D eigenvalue weighted by molar-refractivity contribution is -0.384. The highest BCUT2D eigenvalue weighted by Crippen LogP contribution is 2.28. The van der Waals surface area contributed by atoms with Crippen molar-refractivity contribution >= 4 is 17.1 Å². The second kappa shape index (κ2) is 8.53. The molecule has 2 aromatic rings. The molecule has 1 N–H and O–H groups in total. The van der Waals surface area contributed by atoms with Gasteiger partial charge in [-0.05, 0) is 18.2 Å². The van der Waals surface area contributed by atoms with E-state index in [9.17, 15) is 10.1 Å². The molecule has 0 atom stereocenters. The van der Waals surface area contributed by atoms with E-state index in [4.69, 9.17) is 4.74 Å². The molecule has 26 heavy (non-hydrogen) atoms. The summed E-state index contributed by atoms with van der Waals surface area (Å²) in [5.74, 6) is 0.902. The minimum Gasteiger partial charge on any atom is -0.495 e. The van der Waals surface area contributed by atoms with E-state index in [0.29, 0.717) is 12.2 Å². The van der Waals surface area contributed by atoms with Gasteiger partial charge in [-0.3, -0.25) is 15.0 Å². The summed E-state index contributed by atoms with van der Waals surface area (Å²) < 4.78 is 5.45. The van der Waals surface area contributed by atoms with Crippen molar-refractivity contribution in [3.05, 3.63) is 58.6 Å². The Morgan fingerprint density at radius 2 is 1.77 bits per heavy atom. The molecular weight excluding hydrogens is 332 g/mol. The number of nitro groups is 1. The minimum atomic E-state index is -0.353. The largest absolute Gasteiger partial charge is 0.495 e. The van der Waals surface area contributed by atoms with Gasteiger partial charge in [-0.15, -0.1) is 0 Å². The molecule has 0 saturated carbocycles. The molecule has 7 heteroatoms. The van der Waals surface area contributed by atoms with Crippen molar-refractivity contribution in [2.75, 3.05) is 56.6 Å². The highest BCUT2D eigenvalue weighted by atomic mass is 16.6. The molecule has 138 valence electrons. The van der Waals surface area contributed by atoms with Crippen LogP contribution in [0.25, 0.3) is 0 Å². The van der Waals surface area contributed by atoms with Crippen molar-refractivity contribution in [2.24, 2.45) is 0 Å². The molecule has 1 aliphatic heterocycles. The van der Waals surface area contributed by atoms with Gasteiger partial charge in [0.15, 0.2) is 0 Å². The fourth-order valence-corrected chi connectivity index (χ4v) is 3.23. The van der Waals surface area contributed by atoms with E-state index in [-0.39, 0.29) is 10.6 Å². The number of hydrogen-bond acceptors (Lipinski definition) is 6. The van der Waals surface area contributed by atoms with Gasteiger partial charge in [0.1, 0.15) is 11.4 Å². The molecule has 0 radical (unpaired) electrons. The molecule has 1 fully saturated rings. The molecule has 3 rings (SSSR count). The van der Waals surface area contributed by atoms with Crippen molar-refractivity contribution in [3.63, 3.8) is 0 Å². The van der Waals surface area contributed by atoms with Crippen LogP contribution in [-0.2, 0) is 0 Å². The number of benzene rings is 2. The number of nitrogens with zero attached hydrogens (tertiary/aromatic N) is 3. The average molecular weight is 356 g/mol. The van der Waals surface area contributed by atoms with E-state index in [1.54, 1.807) is 25.3 Å². The Labute approximate surface area is 153 Å². The number of nitro benzene ring substituents is 1. The molecule has 0 unspecified atom stereocenters. The quantitative estimate of drug-likeness (QED) is 0.608. The molecule has 0 aromatic heterocycles. The first-order valence-corrected chi connectivity index (χ1v) is 8.76. The van der Waals surface area contributed by atoms with Crippen LogP contribution in [0.15, 0.2) is 48.5 Å². The summed E-state index contributed by atoms with van der Waals surface area (Å²) in [5.41, 5.74) is 1.83. The summed E-state index contributed by atoms with van der Waals surface area (Å²) in [5, 5.41) is 14.2. The van der Waals surface area contributed by atoms with E-state index in [1.165, 1.54) is 6.07 Å². The smallest absolute Gasteiger partial charge is 0.292 e. The van der Waals surface area contributed by atoms with Crippen molar-refractivity contribution in [2.45, 2.75) is 0 Å². The normalized spacial score (nSPS) is 14.9. The summed E-state index contributed by atoms with van der Waals surface area (Å²) in [7, 11) is 1.70. The van der Waals surface area contributed by atoms with Crippen LogP contribution in [0, 0.1) is 10.1 Å². The monoisotopic (exact) mass is 356 g/mol. The van der Waals surface area contributed by atoms with Crippen LogP contribution < -0.4 is 15.0 Å². The van der Waals surface area contributed by atoms with Gasteiger partial charge in [-0.2, -0.15) is 0 Å². The number of hydrogen-bond donors (Lipinski definition) is 1. The SMILES string of the molecule is COc1ccccc1N1CCN(CCNc2ccccc2[N+](=O)[O-])CC1. The number of piperazine rings is 1. The summed E-state index contributed by atoms with van der Waals surface area (Å²) in [6.45, 7) is 5.32. The zero-order chi connectivity index (χ0) is 18.4. The average Bonchev–Trinajstić information content (AvgIpc) is 2.69. The van der Waals surface area contributed by atoms with Gasteiger partial charge in [0.25, 0.3) is 5.69 Å². The Kier molecular flexibility index (Phi) is 5.91. The van der Waals surface area contributed by atoms with Crippen LogP contribution in [0.1, 0.15) is 0 Å².